The SMILES string of the molecule is Cc1cc(C(=O)NCCCCCc2ccc3c(c2)C[C@@H](OC(=O)c2cc(O)c(O)c(O)c2)[C@@H](c2cc(O)c(O)c(O)c2)O3)ccc1-c1c2ccc(=O)cc-2oc2cc(O)ccc12. The fourth-order valence-electron chi connectivity index (χ4n) is 7.87. The first-order valence-electron chi connectivity index (χ1n) is 19.8. The molecular weight excluding hydrogens is 799 g/mol. The van der Waals surface area contributed by atoms with E-state index in [4.69, 9.17) is 13.9 Å². The average Bonchev–Trinajstić information content (AvgIpc) is 3.24. The minimum atomic E-state index is -1.04. The van der Waals surface area contributed by atoms with E-state index in [1.807, 2.05) is 31.2 Å². The molecule has 0 radical (unpaired) electrons. The van der Waals surface area contributed by atoms with E-state index in [0.717, 1.165) is 64.6 Å². The number of phenols is 7. The number of aryl methyl sites for hydroxylation is 2. The molecule has 0 aromatic heterocycles. The highest BCUT2D eigenvalue weighted by atomic mass is 16.6. The Morgan fingerprint density at radius 1 is 0.726 bits per heavy atom. The van der Waals surface area contributed by atoms with Crippen molar-refractivity contribution in [1.29, 1.82) is 0 Å². The number of phenolic OH excluding ortho intramolecular Hbond substituents is 7. The first-order valence-corrected chi connectivity index (χ1v) is 19.8. The summed E-state index contributed by atoms with van der Waals surface area (Å²) < 4.78 is 18.0. The van der Waals surface area contributed by atoms with Gasteiger partial charge in [-0.2, -0.15) is 0 Å². The van der Waals surface area contributed by atoms with E-state index in [-0.39, 0.29) is 34.6 Å². The second-order valence-corrected chi connectivity index (χ2v) is 15.3. The topological polar surface area (TPSA) is 236 Å². The van der Waals surface area contributed by atoms with E-state index in [9.17, 15) is 50.1 Å². The Kier molecular flexibility index (Phi) is 11.0. The lowest BCUT2D eigenvalue weighted by Gasteiger charge is -2.34. The summed E-state index contributed by atoms with van der Waals surface area (Å²) in [6.45, 7) is 2.37. The van der Waals surface area contributed by atoms with Crippen molar-refractivity contribution in [3.63, 3.8) is 0 Å². The molecule has 0 bridgehead atoms. The number of aromatic hydroxyl groups is 7. The molecule has 0 unspecified atom stereocenters. The van der Waals surface area contributed by atoms with Gasteiger partial charge >= 0.3 is 5.97 Å². The van der Waals surface area contributed by atoms with Gasteiger partial charge in [-0.25, -0.2) is 4.79 Å². The van der Waals surface area contributed by atoms with Crippen LogP contribution < -0.4 is 15.5 Å². The minimum Gasteiger partial charge on any atom is -0.508 e. The van der Waals surface area contributed by atoms with Crippen LogP contribution in [0.25, 0.3) is 33.4 Å². The van der Waals surface area contributed by atoms with Gasteiger partial charge in [-0.15, -0.1) is 0 Å². The highest BCUT2D eigenvalue weighted by Crippen LogP contribution is 2.45. The number of amides is 1. The third-order valence-corrected chi connectivity index (χ3v) is 11.0. The van der Waals surface area contributed by atoms with Crippen LogP contribution in [-0.4, -0.2) is 60.3 Å². The fourth-order valence-corrected chi connectivity index (χ4v) is 7.87. The molecule has 2 aliphatic heterocycles. The average molecular weight is 840 g/mol. The number of rotatable bonds is 11. The van der Waals surface area contributed by atoms with Crippen LogP contribution in [0.3, 0.4) is 0 Å². The zero-order chi connectivity index (χ0) is 43.8. The maximum Gasteiger partial charge on any atom is 0.338 e. The van der Waals surface area contributed by atoms with Gasteiger partial charge in [0.05, 0.1) is 5.56 Å². The molecule has 5 aromatic carbocycles. The van der Waals surface area contributed by atoms with Crippen LogP contribution in [0.15, 0.2) is 106 Å². The lowest BCUT2D eigenvalue weighted by atomic mass is 9.90. The van der Waals surface area contributed by atoms with Gasteiger partial charge in [0, 0.05) is 52.7 Å². The van der Waals surface area contributed by atoms with Crippen LogP contribution in [0, 0.1) is 6.92 Å². The molecule has 62 heavy (non-hydrogen) atoms. The first-order chi connectivity index (χ1) is 29.7. The molecule has 1 aliphatic carbocycles. The normalized spacial score (nSPS) is 14.6. The Labute approximate surface area is 353 Å². The monoisotopic (exact) mass is 839 g/mol. The van der Waals surface area contributed by atoms with E-state index < -0.39 is 52.7 Å². The Morgan fingerprint density at radius 2 is 1.44 bits per heavy atom. The summed E-state index contributed by atoms with van der Waals surface area (Å²) in [5.41, 5.74) is 5.65. The number of nitrogens with one attached hydrogen (secondary N) is 1. The number of fused-ring (bicyclic) bond motifs is 3. The number of carbonyl (C=O) groups is 2. The summed E-state index contributed by atoms with van der Waals surface area (Å²) in [6, 6.07) is 24.8. The van der Waals surface area contributed by atoms with Crippen molar-refractivity contribution in [3.05, 3.63) is 141 Å². The number of ether oxygens (including phenoxy) is 2. The predicted octanol–water partition coefficient (Wildman–Crippen LogP) is 7.86. The van der Waals surface area contributed by atoms with Crippen LogP contribution in [0.4, 0.5) is 0 Å². The third-order valence-electron chi connectivity index (χ3n) is 11.0. The van der Waals surface area contributed by atoms with Crippen molar-refractivity contribution in [1.82, 2.24) is 5.32 Å². The van der Waals surface area contributed by atoms with Crippen LogP contribution in [0.2, 0.25) is 0 Å². The van der Waals surface area contributed by atoms with Gasteiger partial charge in [0.25, 0.3) is 5.91 Å². The van der Waals surface area contributed by atoms with Gasteiger partial charge in [-0.3, -0.25) is 9.59 Å². The molecule has 14 nitrogen and oxygen atoms in total. The highest BCUT2D eigenvalue weighted by Gasteiger charge is 2.36. The summed E-state index contributed by atoms with van der Waals surface area (Å²) in [7, 11) is 0. The molecule has 0 spiro atoms. The smallest absolute Gasteiger partial charge is 0.338 e. The van der Waals surface area contributed by atoms with Crippen molar-refractivity contribution >= 4 is 22.8 Å². The van der Waals surface area contributed by atoms with Gasteiger partial charge in [0.1, 0.15) is 28.9 Å². The molecule has 3 aliphatic rings. The van der Waals surface area contributed by atoms with Gasteiger partial charge in [0.2, 0.25) is 0 Å². The fraction of sp³-hybridized carbons (Fsp3) is 0.188. The largest absolute Gasteiger partial charge is 0.508 e. The molecule has 2 atom stereocenters. The standard InChI is InChI=1S/C48H41NO13/c1-24-15-26(7-10-32(24)43-33-11-8-30(50)22-40(33)60-41-23-31(51)9-12-34(41)43)47(58)49-14-4-2-3-5-25-6-13-39-27(16-25)21-42(46(61-39)28-17-35(52)44(56)36(53)18-28)62-48(59)29-19-37(54)45(57)38(55)20-29/h6-13,15-20,22-23,42,46,50,52-57H,2-5,14,21H2,1H3,(H,49,58)/t42-,46-/m1/s1. The second kappa shape index (κ2) is 16.6. The maximum absolute atomic E-state index is 13.2. The van der Waals surface area contributed by atoms with E-state index >= 15 is 0 Å². The molecule has 1 amide bonds. The Hall–Kier alpha value is -7.87. The molecule has 5 aromatic rings. The Balaban J connectivity index is 0.896. The number of esters is 1. The lowest BCUT2D eigenvalue weighted by molar-refractivity contribution is -0.0184. The molecule has 8 N–H and O–H groups in total. The summed E-state index contributed by atoms with van der Waals surface area (Å²) in [4.78, 5) is 38.6. The number of hydrogen-bond acceptors (Lipinski definition) is 13. The molecule has 0 saturated heterocycles. The summed E-state index contributed by atoms with van der Waals surface area (Å²) in [5, 5.41) is 73.9. The van der Waals surface area contributed by atoms with Gasteiger partial charge in [-0.05, 0) is 115 Å². The van der Waals surface area contributed by atoms with E-state index in [2.05, 4.69) is 5.32 Å². The van der Waals surface area contributed by atoms with Crippen molar-refractivity contribution in [3.8, 4) is 68.4 Å². The Morgan fingerprint density at radius 3 is 2.16 bits per heavy atom. The van der Waals surface area contributed by atoms with Gasteiger partial charge in [0.15, 0.2) is 46.0 Å². The highest BCUT2D eigenvalue weighted by molar-refractivity contribution is 6.03. The first kappa shape index (κ1) is 40.9. The number of hydrogen-bond donors (Lipinski definition) is 8. The lowest BCUT2D eigenvalue weighted by Crippen LogP contribution is -2.34. The molecule has 0 saturated carbocycles. The van der Waals surface area contributed by atoms with E-state index in [0.29, 0.717) is 41.2 Å². The van der Waals surface area contributed by atoms with Crippen molar-refractivity contribution in [2.75, 3.05) is 6.54 Å². The van der Waals surface area contributed by atoms with Crippen LogP contribution in [0.5, 0.6) is 46.0 Å². The summed E-state index contributed by atoms with van der Waals surface area (Å²) in [6.07, 6.45) is 1.12. The molecule has 2 heterocycles. The molecule has 8 rings (SSSR count). The van der Waals surface area contributed by atoms with Crippen molar-refractivity contribution < 1.29 is 59.2 Å². The molecule has 14 heteroatoms. The zero-order valence-electron chi connectivity index (χ0n) is 33.2. The van der Waals surface area contributed by atoms with Gasteiger partial charge in [-0.1, -0.05) is 24.6 Å². The van der Waals surface area contributed by atoms with E-state index in [1.54, 1.807) is 30.3 Å². The maximum atomic E-state index is 13.2. The molecule has 0 fully saturated rings. The number of unbranched alkanes of at least 4 members (excludes halogenated alkanes) is 2. The van der Waals surface area contributed by atoms with Crippen molar-refractivity contribution in [2.45, 2.75) is 51.2 Å². The summed E-state index contributed by atoms with van der Waals surface area (Å²) >= 11 is 0. The van der Waals surface area contributed by atoms with Crippen LogP contribution in [-0.2, 0) is 17.6 Å². The second-order valence-electron chi connectivity index (χ2n) is 15.3. The zero-order valence-corrected chi connectivity index (χ0v) is 33.2. The van der Waals surface area contributed by atoms with Crippen LogP contribution in [0.1, 0.15) is 68.3 Å². The summed E-state index contributed by atoms with van der Waals surface area (Å²) in [5.74, 6) is -4.45. The number of carbonyl (C=O) groups excluding carboxylic acids is 2. The predicted molar refractivity (Wildman–Crippen MR) is 226 cm³/mol. The Bertz CT molecular complexity index is 2870. The van der Waals surface area contributed by atoms with Gasteiger partial charge < -0.3 is 55.0 Å². The number of benzene rings is 6. The molecular formula is C48H41NO13. The minimum absolute atomic E-state index is 0.0347. The third kappa shape index (κ3) is 8.17. The van der Waals surface area contributed by atoms with Crippen LogP contribution >= 0.6 is 0 Å². The molecule has 316 valence electrons. The quantitative estimate of drug-likeness (QED) is 0.0268. The van der Waals surface area contributed by atoms with Crippen molar-refractivity contribution in [2.24, 2.45) is 0 Å². The van der Waals surface area contributed by atoms with E-state index in [1.165, 1.54) is 30.3 Å².